The van der Waals surface area contributed by atoms with Crippen LogP contribution >= 0.6 is 11.8 Å². The molecule has 0 aliphatic rings. The summed E-state index contributed by atoms with van der Waals surface area (Å²) in [7, 11) is 0. The fourth-order valence-corrected chi connectivity index (χ4v) is 2.44. The predicted octanol–water partition coefficient (Wildman–Crippen LogP) is 3.56. The van der Waals surface area contributed by atoms with Crippen molar-refractivity contribution < 1.29 is 4.79 Å². The highest BCUT2D eigenvalue weighted by molar-refractivity contribution is 7.98. The molecular weight excluding hydrogens is 282 g/mol. The lowest BCUT2D eigenvalue weighted by molar-refractivity contribution is 0.0948. The number of pyridine rings is 1. The van der Waals surface area contributed by atoms with Crippen molar-refractivity contribution in [2.75, 3.05) is 30.4 Å². The zero-order valence-corrected chi connectivity index (χ0v) is 14.0. The average molecular weight is 309 g/mol. The first-order chi connectivity index (χ1) is 10.3. The Morgan fingerprint density at radius 3 is 2.81 bits per heavy atom. The van der Waals surface area contributed by atoms with Crippen LogP contribution in [0.1, 0.15) is 49.5 Å². The van der Waals surface area contributed by atoms with Crippen LogP contribution in [0, 0.1) is 0 Å². The molecule has 0 saturated heterocycles. The molecule has 21 heavy (non-hydrogen) atoms. The lowest BCUT2D eigenvalue weighted by Crippen LogP contribution is -2.25. The SMILES string of the molecule is CCCNc1ccnc(C(=O)NCCCCCCSC)c1. The number of unbranched alkanes of at least 4 members (excludes halogenated alkanes) is 3. The summed E-state index contributed by atoms with van der Waals surface area (Å²) in [4.78, 5) is 16.1. The Morgan fingerprint density at radius 1 is 1.24 bits per heavy atom. The van der Waals surface area contributed by atoms with Crippen LogP contribution in [0.2, 0.25) is 0 Å². The van der Waals surface area contributed by atoms with Crippen molar-refractivity contribution in [1.29, 1.82) is 0 Å². The van der Waals surface area contributed by atoms with Crippen LogP contribution in [0.15, 0.2) is 18.3 Å². The molecule has 0 atom stereocenters. The van der Waals surface area contributed by atoms with Crippen LogP contribution in [0.5, 0.6) is 0 Å². The summed E-state index contributed by atoms with van der Waals surface area (Å²) in [6.45, 7) is 3.74. The number of nitrogens with one attached hydrogen (secondary N) is 2. The highest BCUT2D eigenvalue weighted by Gasteiger charge is 2.06. The summed E-state index contributed by atoms with van der Waals surface area (Å²) in [5.74, 6) is 1.15. The molecule has 0 aliphatic carbocycles. The molecule has 1 aromatic heterocycles. The highest BCUT2D eigenvalue weighted by atomic mass is 32.2. The number of amides is 1. The van der Waals surface area contributed by atoms with Crippen molar-refractivity contribution in [2.45, 2.75) is 39.0 Å². The molecule has 1 amide bonds. The third kappa shape index (κ3) is 7.95. The van der Waals surface area contributed by atoms with Gasteiger partial charge in [-0.3, -0.25) is 9.78 Å². The minimum absolute atomic E-state index is 0.0840. The molecule has 0 unspecified atom stereocenters. The molecule has 118 valence electrons. The number of rotatable bonds is 11. The average Bonchev–Trinajstić information content (AvgIpc) is 2.52. The smallest absolute Gasteiger partial charge is 0.269 e. The number of aromatic nitrogens is 1. The molecule has 0 fully saturated rings. The van der Waals surface area contributed by atoms with Gasteiger partial charge in [-0.25, -0.2) is 0 Å². The molecule has 1 heterocycles. The van der Waals surface area contributed by atoms with Gasteiger partial charge in [0.05, 0.1) is 0 Å². The van der Waals surface area contributed by atoms with Gasteiger partial charge in [0, 0.05) is 25.0 Å². The van der Waals surface area contributed by atoms with Gasteiger partial charge in [-0.15, -0.1) is 0 Å². The third-order valence-corrected chi connectivity index (χ3v) is 3.83. The van der Waals surface area contributed by atoms with Crippen LogP contribution in [0.4, 0.5) is 5.69 Å². The fourth-order valence-electron chi connectivity index (χ4n) is 1.95. The Morgan fingerprint density at radius 2 is 2.05 bits per heavy atom. The van der Waals surface area contributed by atoms with Crippen LogP contribution < -0.4 is 10.6 Å². The van der Waals surface area contributed by atoms with E-state index in [0.29, 0.717) is 5.69 Å². The van der Waals surface area contributed by atoms with Gasteiger partial charge in [0.1, 0.15) is 5.69 Å². The number of nitrogens with zero attached hydrogens (tertiary/aromatic N) is 1. The molecule has 0 aromatic carbocycles. The van der Waals surface area contributed by atoms with E-state index in [2.05, 4.69) is 28.8 Å². The summed E-state index contributed by atoms with van der Waals surface area (Å²) < 4.78 is 0. The first-order valence-electron chi connectivity index (χ1n) is 7.75. The summed E-state index contributed by atoms with van der Waals surface area (Å²) in [5, 5.41) is 6.20. The number of carbonyl (C=O) groups excluding carboxylic acids is 1. The van der Waals surface area contributed by atoms with E-state index < -0.39 is 0 Å². The molecule has 5 heteroatoms. The van der Waals surface area contributed by atoms with Gasteiger partial charge in [-0.05, 0) is 43.4 Å². The van der Waals surface area contributed by atoms with E-state index in [4.69, 9.17) is 0 Å². The van der Waals surface area contributed by atoms with Gasteiger partial charge in [0.2, 0.25) is 0 Å². The van der Waals surface area contributed by atoms with Crippen LogP contribution in [0.3, 0.4) is 0 Å². The zero-order valence-electron chi connectivity index (χ0n) is 13.2. The van der Waals surface area contributed by atoms with Crippen LogP contribution in [-0.2, 0) is 0 Å². The van der Waals surface area contributed by atoms with E-state index in [1.807, 2.05) is 23.9 Å². The molecule has 0 spiro atoms. The van der Waals surface area contributed by atoms with Gasteiger partial charge in [-0.2, -0.15) is 11.8 Å². The van der Waals surface area contributed by atoms with E-state index in [-0.39, 0.29) is 5.91 Å². The summed E-state index contributed by atoms with van der Waals surface area (Å²) in [6, 6.07) is 3.70. The topological polar surface area (TPSA) is 54.0 Å². The Labute approximate surface area is 132 Å². The molecule has 2 N–H and O–H groups in total. The van der Waals surface area contributed by atoms with Crippen molar-refractivity contribution in [3.63, 3.8) is 0 Å². The second-order valence-electron chi connectivity index (χ2n) is 5.02. The van der Waals surface area contributed by atoms with Gasteiger partial charge < -0.3 is 10.6 Å². The summed E-state index contributed by atoms with van der Waals surface area (Å²) in [5.41, 5.74) is 1.44. The molecule has 4 nitrogen and oxygen atoms in total. The van der Waals surface area contributed by atoms with E-state index in [0.717, 1.165) is 31.6 Å². The number of hydrogen-bond donors (Lipinski definition) is 2. The lowest BCUT2D eigenvalue weighted by atomic mass is 10.2. The van der Waals surface area contributed by atoms with E-state index in [1.54, 1.807) is 6.20 Å². The largest absolute Gasteiger partial charge is 0.385 e. The Balaban J connectivity index is 2.25. The lowest BCUT2D eigenvalue weighted by Gasteiger charge is -2.07. The first-order valence-corrected chi connectivity index (χ1v) is 9.14. The number of carbonyl (C=O) groups is 1. The zero-order chi connectivity index (χ0) is 15.3. The number of thioether (sulfide) groups is 1. The van der Waals surface area contributed by atoms with Crippen molar-refractivity contribution in [2.24, 2.45) is 0 Å². The predicted molar refractivity (Wildman–Crippen MR) is 92.2 cm³/mol. The number of hydrogen-bond acceptors (Lipinski definition) is 4. The Hall–Kier alpha value is -1.23. The molecule has 0 aliphatic heterocycles. The minimum Gasteiger partial charge on any atom is -0.385 e. The van der Waals surface area contributed by atoms with E-state index in [9.17, 15) is 4.79 Å². The van der Waals surface area contributed by atoms with Crippen molar-refractivity contribution in [3.05, 3.63) is 24.0 Å². The number of anilines is 1. The van der Waals surface area contributed by atoms with Gasteiger partial charge in [0.15, 0.2) is 0 Å². The van der Waals surface area contributed by atoms with Crippen molar-refractivity contribution >= 4 is 23.4 Å². The molecule has 1 aromatic rings. The van der Waals surface area contributed by atoms with Gasteiger partial charge in [0.25, 0.3) is 5.91 Å². The van der Waals surface area contributed by atoms with Crippen molar-refractivity contribution in [1.82, 2.24) is 10.3 Å². The van der Waals surface area contributed by atoms with Gasteiger partial charge >= 0.3 is 0 Å². The quantitative estimate of drug-likeness (QED) is 0.614. The molecular formula is C16H27N3OS. The normalized spacial score (nSPS) is 10.4. The second-order valence-corrected chi connectivity index (χ2v) is 6.01. The maximum atomic E-state index is 12.0. The standard InChI is InChI=1S/C16H27N3OS/c1-3-9-17-14-8-11-18-15(13-14)16(20)19-10-6-4-5-7-12-21-2/h8,11,13H,3-7,9-10,12H2,1-2H3,(H,17,18)(H,19,20). The summed E-state index contributed by atoms with van der Waals surface area (Å²) in [6.07, 6.45) is 9.58. The Kier molecular flexibility index (Phi) is 9.70. The maximum Gasteiger partial charge on any atom is 0.269 e. The van der Waals surface area contributed by atoms with E-state index in [1.165, 1.54) is 25.0 Å². The van der Waals surface area contributed by atoms with Crippen molar-refractivity contribution in [3.8, 4) is 0 Å². The van der Waals surface area contributed by atoms with Crippen LogP contribution in [0.25, 0.3) is 0 Å². The molecule has 0 saturated carbocycles. The summed E-state index contributed by atoms with van der Waals surface area (Å²) >= 11 is 1.89. The maximum absolute atomic E-state index is 12.0. The highest BCUT2D eigenvalue weighted by Crippen LogP contribution is 2.08. The molecule has 0 bridgehead atoms. The van der Waals surface area contributed by atoms with Gasteiger partial charge in [-0.1, -0.05) is 19.8 Å². The monoisotopic (exact) mass is 309 g/mol. The fraction of sp³-hybridized carbons (Fsp3) is 0.625. The van der Waals surface area contributed by atoms with E-state index >= 15 is 0 Å². The second kappa shape index (κ2) is 11.4. The molecule has 0 radical (unpaired) electrons. The first kappa shape index (κ1) is 17.8. The molecule has 1 rings (SSSR count). The Bertz CT molecular complexity index is 412. The van der Waals surface area contributed by atoms with Crippen LogP contribution in [-0.4, -0.2) is 36.0 Å². The third-order valence-electron chi connectivity index (χ3n) is 3.13. The minimum atomic E-state index is -0.0840.